The maximum absolute atomic E-state index is 11.9. The van der Waals surface area contributed by atoms with E-state index in [1.54, 1.807) is 0 Å². The van der Waals surface area contributed by atoms with Gasteiger partial charge in [0.1, 0.15) is 0 Å². The van der Waals surface area contributed by atoms with Gasteiger partial charge < -0.3 is 10.6 Å². The molecule has 0 bridgehead atoms. The summed E-state index contributed by atoms with van der Waals surface area (Å²) in [5.41, 5.74) is 4.56. The summed E-state index contributed by atoms with van der Waals surface area (Å²) >= 11 is 0. The van der Waals surface area contributed by atoms with E-state index in [2.05, 4.69) is 20.6 Å². The van der Waals surface area contributed by atoms with Crippen LogP contribution in [0.5, 0.6) is 0 Å². The smallest absolute Gasteiger partial charge is 0.253 e. The van der Waals surface area contributed by atoms with Gasteiger partial charge in [-0.1, -0.05) is 42.5 Å². The first kappa shape index (κ1) is 14.4. The zero-order valence-corrected chi connectivity index (χ0v) is 13.0. The third-order valence-electron chi connectivity index (χ3n) is 4.04. The van der Waals surface area contributed by atoms with Crippen LogP contribution in [-0.4, -0.2) is 15.9 Å². The first-order chi connectivity index (χ1) is 11.8. The van der Waals surface area contributed by atoms with Crippen LogP contribution in [0.1, 0.15) is 21.5 Å². The molecule has 118 valence electrons. The molecule has 2 aromatic carbocycles. The molecule has 1 aliphatic rings. The van der Waals surface area contributed by atoms with Crippen LogP contribution in [0.3, 0.4) is 0 Å². The van der Waals surface area contributed by atoms with Gasteiger partial charge in [0.2, 0.25) is 0 Å². The maximum atomic E-state index is 11.9. The summed E-state index contributed by atoms with van der Waals surface area (Å²) in [4.78, 5) is 20.8. The third kappa shape index (κ3) is 2.72. The number of fused-ring (bicyclic) bond motifs is 1. The van der Waals surface area contributed by atoms with E-state index >= 15 is 0 Å². The standard InChI is InChI=1S/C19H16N4O/c24-19-17-15(12-23-19)7-4-8-16(17)20-9-13-10-21-18(22-11-13)14-5-2-1-3-6-14/h1-8,10-11,20H,9,12H2,(H,23,24). The number of hydrogen-bond acceptors (Lipinski definition) is 4. The van der Waals surface area contributed by atoms with Gasteiger partial charge in [0.05, 0.1) is 5.56 Å². The number of benzene rings is 2. The molecule has 4 rings (SSSR count). The number of carbonyl (C=O) groups is 1. The molecule has 1 aliphatic heterocycles. The summed E-state index contributed by atoms with van der Waals surface area (Å²) < 4.78 is 0. The molecule has 2 heterocycles. The molecule has 0 fully saturated rings. The van der Waals surface area contributed by atoms with Crippen molar-refractivity contribution in [3.63, 3.8) is 0 Å². The lowest BCUT2D eigenvalue weighted by atomic mass is 10.1. The summed E-state index contributed by atoms with van der Waals surface area (Å²) in [6.07, 6.45) is 3.62. The highest BCUT2D eigenvalue weighted by molar-refractivity contribution is 6.03. The monoisotopic (exact) mass is 316 g/mol. The number of rotatable bonds is 4. The molecule has 0 saturated carbocycles. The number of amides is 1. The van der Waals surface area contributed by atoms with E-state index in [4.69, 9.17) is 0 Å². The predicted octanol–water partition coefficient (Wildman–Crippen LogP) is 3.00. The van der Waals surface area contributed by atoms with Gasteiger partial charge in [0.15, 0.2) is 5.82 Å². The molecule has 1 aromatic heterocycles. The molecule has 0 unspecified atom stereocenters. The Hall–Kier alpha value is -3.21. The zero-order valence-electron chi connectivity index (χ0n) is 13.0. The first-order valence-electron chi connectivity index (χ1n) is 7.81. The molecule has 2 N–H and O–H groups in total. The molecule has 5 nitrogen and oxygen atoms in total. The van der Waals surface area contributed by atoms with E-state index in [-0.39, 0.29) is 5.91 Å². The van der Waals surface area contributed by atoms with Crippen molar-refractivity contribution in [1.29, 1.82) is 0 Å². The van der Waals surface area contributed by atoms with Gasteiger partial charge in [-0.15, -0.1) is 0 Å². The van der Waals surface area contributed by atoms with Crippen LogP contribution >= 0.6 is 0 Å². The minimum Gasteiger partial charge on any atom is -0.380 e. The lowest BCUT2D eigenvalue weighted by molar-refractivity contribution is 0.0966. The number of hydrogen-bond donors (Lipinski definition) is 2. The summed E-state index contributed by atoms with van der Waals surface area (Å²) in [5.74, 6) is 0.683. The summed E-state index contributed by atoms with van der Waals surface area (Å²) in [6.45, 7) is 1.16. The second-order valence-corrected chi connectivity index (χ2v) is 5.66. The van der Waals surface area contributed by atoms with Gasteiger partial charge in [-0.3, -0.25) is 4.79 Å². The average molecular weight is 316 g/mol. The highest BCUT2D eigenvalue weighted by Gasteiger charge is 2.21. The van der Waals surface area contributed by atoms with Gasteiger partial charge in [-0.05, 0) is 11.6 Å². The van der Waals surface area contributed by atoms with Gasteiger partial charge in [0, 0.05) is 42.3 Å². The van der Waals surface area contributed by atoms with Crippen LogP contribution in [0.15, 0.2) is 60.9 Å². The summed E-state index contributed by atoms with van der Waals surface area (Å²) in [5, 5.41) is 6.16. The molecule has 24 heavy (non-hydrogen) atoms. The van der Waals surface area contributed by atoms with Gasteiger partial charge in [-0.25, -0.2) is 9.97 Å². The van der Waals surface area contributed by atoms with E-state index in [9.17, 15) is 4.79 Å². The third-order valence-corrected chi connectivity index (χ3v) is 4.04. The zero-order chi connectivity index (χ0) is 16.4. The van der Waals surface area contributed by atoms with E-state index in [1.807, 2.05) is 60.9 Å². The molecule has 1 amide bonds. The van der Waals surface area contributed by atoms with Crippen LogP contribution in [0.4, 0.5) is 5.69 Å². The number of nitrogens with one attached hydrogen (secondary N) is 2. The Bertz CT molecular complexity index is 876. The molecule has 0 atom stereocenters. The highest BCUT2D eigenvalue weighted by Crippen LogP contribution is 2.24. The van der Waals surface area contributed by atoms with Crippen molar-refractivity contribution in [3.8, 4) is 11.4 Å². The number of carbonyl (C=O) groups excluding carboxylic acids is 1. The summed E-state index contributed by atoms with van der Waals surface area (Å²) in [6, 6.07) is 15.7. The lowest BCUT2D eigenvalue weighted by Crippen LogP contribution is -2.14. The Morgan fingerprint density at radius 2 is 1.79 bits per heavy atom. The van der Waals surface area contributed by atoms with Gasteiger partial charge in [0.25, 0.3) is 5.91 Å². The van der Waals surface area contributed by atoms with Crippen molar-refractivity contribution in [2.24, 2.45) is 0 Å². The fourth-order valence-corrected chi connectivity index (χ4v) is 2.81. The first-order valence-corrected chi connectivity index (χ1v) is 7.81. The highest BCUT2D eigenvalue weighted by atomic mass is 16.1. The molecule has 0 aliphatic carbocycles. The van der Waals surface area contributed by atoms with Crippen molar-refractivity contribution < 1.29 is 4.79 Å². The number of nitrogens with zero attached hydrogens (tertiary/aromatic N) is 2. The minimum absolute atomic E-state index is 0.0243. The SMILES string of the molecule is O=C1NCc2cccc(NCc3cnc(-c4ccccc4)nc3)c21. The normalized spacial score (nSPS) is 12.6. The van der Waals surface area contributed by atoms with Gasteiger partial charge >= 0.3 is 0 Å². The second-order valence-electron chi connectivity index (χ2n) is 5.66. The molecular weight excluding hydrogens is 300 g/mol. The van der Waals surface area contributed by atoms with Crippen LogP contribution in [-0.2, 0) is 13.1 Å². The lowest BCUT2D eigenvalue weighted by Gasteiger charge is -2.10. The van der Waals surface area contributed by atoms with Crippen molar-refractivity contribution in [2.75, 3.05) is 5.32 Å². The Balaban J connectivity index is 1.50. The predicted molar refractivity (Wildman–Crippen MR) is 92.4 cm³/mol. The van der Waals surface area contributed by atoms with E-state index in [0.29, 0.717) is 18.9 Å². The molecule has 0 spiro atoms. The topological polar surface area (TPSA) is 66.9 Å². The molecule has 0 saturated heterocycles. The van der Waals surface area contributed by atoms with Crippen molar-refractivity contribution in [1.82, 2.24) is 15.3 Å². The minimum atomic E-state index is -0.0243. The van der Waals surface area contributed by atoms with Crippen molar-refractivity contribution >= 4 is 11.6 Å². The largest absolute Gasteiger partial charge is 0.380 e. The average Bonchev–Trinajstić information content (AvgIpc) is 3.03. The van der Waals surface area contributed by atoms with Crippen LogP contribution < -0.4 is 10.6 Å². The molecular formula is C19H16N4O. The van der Waals surface area contributed by atoms with Crippen molar-refractivity contribution in [3.05, 3.63) is 77.6 Å². The van der Waals surface area contributed by atoms with Gasteiger partial charge in [-0.2, -0.15) is 0 Å². The second kappa shape index (κ2) is 6.12. The molecule has 5 heteroatoms. The Labute approximate surface area is 139 Å². The van der Waals surface area contributed by atoms with Crippen molar-refractivity contribution in [2.45, 2.75) is 13.1 Å². The maximum Gasteiger partial charge on any atom is 0.253 e. The fourth-order valence-electron chi connectivity index (χ4n) is 2.81. The molecule has 3 aromatic rings. The van der Waals surface area contributed by atoms with Crippen LogP contribution in [0.25, 0.3) is 11.4 Å². The van der Waals surface area contributed by atoms with E-state index in [1.165, 1.54) is 0 Å². The Kier molecular flexibility index (Phi) is 3.67. The Morgan fingerprint density at radius 1 is 1.00 bits per heavy atom. The number of aromatic nitrogens is 2. The summed E-state index contributed by atoms with van der Waals surface area (Å²) in [7, 11) is 0. The Morgan fingerprint density at radius 3 is 2.58 bits per heavy atom. The van der Waals surface area contributed by atoms with Crippen LogP contribution in [0.2, 0.25) is 0 Å². The van der Waals surface area contributed by atoms with E-state index < -0.39 is 0 Å². The molecule has 0 radical (unpaired) electrons. The number of anilines is 1. The van der Waals surface area contributed by atoms with E-state index in [0.717, 1.165) is 27.9 Å². The fraction of sp³-hybridized carbons (Fsp3) is 0.105. The quantitative estimate of drug-likeness (QED) is 0.776. The van der Waals surface area contributed by atoms with Crippen LogP contribution in [0, 0.1) is 0 Å².